The van der Waals surface area contributed by atoms with Gasteiger partial charge in [0.25, 0.3) is 5.91 Å². The third-order valence-electron chi connectivity index (χ3n) is 2.48. The van der Waals surface area contributed by atoms with Gasteiger partial charge in [-0.3, -0.25) is 9.89 Å². The number of hydrogen-bond donors (Lipinski definition) is 1. The normalized spacial score (nSPS) is 10.3. The summed E-state index contributed by atoms with van der Waals surface area (Å²) < 4.78 is 0. The van der Waals surface area contributed by atoms with E-state index in [0.29, 0.717) is 5.82 Å². The third kappa shape index (κ3) is 2.33. The molecular weight excluding hydrogens is 216 g/mol. The summed E-state index contributed by atoms with van der Waals surface area (Å²) in [6.45, 7) is 3.75. The number of anilines is 1. The van der Waals surface area contributed by atoms with Crippen molar-refractivity contribution in [2.45, 2.75) is 13.8 Å². The fourth-order valence-electron chi connectivity index (χ4n) is 1.54. The van der Waals surface area contributed by atoms with Gasteiger partial charge in [-0.25, -0.2) is 4.98 Å². The molecule has 0 saturated carbocycles. The van der Waals surface area contributed by atoms with Crippen LogP contribution in [-0.2, 0) is 0 Å². The van der Waals surface area contributed by atoms with Crippen molar-refractivity contribution in [3.05, 3.63) is 41.5 Å². The third-order valence-corrected chi connectivity index (χ3v) is 2.48. The Morgan fingerprint density at radius 2 is 2.12 bits per heavy atom. The topological polar surface area (TPSA) is 61.9 Å². The minimum atomic E-state index is -0.222. The highest BCUT2D eigenvalue weighted by Crippen LogP contribution is 2.15. The van der Waals surface area contributed by atoms with Crippen LogP contribution >= 0.6 is 0 Å². The summed E-state index contributed by atoms with van der Waals surface area (Å²) in [7, 11) is 1.71. The summed E-state index contributed by atoms with van der Waals surface area (Å²) in [5, 5.41) is 6.52. The predicted octanol–water partition coefficient (Wildman–Crippen LogP) is 1.70. The van der Waals surface area contributed by atoms with Crippen molar-refractivity contribution in [3.8, 4) is 0 Å². The number of nitrogens with one attached hydrogen (secondary N) is 1. The Kier molecular flexibility index (Phi) is 2.91. The Morgan fingerprint density at radius 1 is 1.35 bits per heavy atom. The van der Waals surface area contributed by atoms with Gasteiger partial charge in [0.1, 0.15) is 5.82 Å². The minimum absolute atomic E-state index is 0.187. The van der Waals surface area contributed by atoms with E-state index in [-0.39, 0.29) is 11.7 Å². The Balaban J connectivity index is 2.26. The van der Waals surface area contributed by atoms with E-state index in [2.05, 4.69) is 15.2 Å². The monoisotopic (exact) mass is 230 g/mol. The Hall–Kier alpha value is -2.17. The van der Waals surface area contributed by atoms with E-state index >= 15 is 0 Å². The second-order valence-electron chi connectivity index (χ2n) is 3.95. The Morgan fingerprint density at radius 3 is 2.71 bits per heavy atom. The molecule has 1 aromatic heterocycles. The molecule has 1 aromatic carbocycles. The molecule has 0 aliphatic carbocycles. The molecule has 2 rings (SSSR count). The van der Waals surface area contributed by atoms with Gasteiger partial charge in [-0.05, 0) is 31.5 Å². The zero-order chi connectivity index (χ0) is 12.4. The largest absolute Gasteiger partial charge is 0.309 e. The summed E-state index contributed by atoms with van der Waals surface area (Å²) in [6, 6.07) is 7.72. The number of nitrogens with zero attached hydrogens (tertiary/aromatic N) is 3. The number of carbonyl (C=O) groups is 1. The number of amides is 1. The van der Waals surface area contributed by atoms with E-state index in [9.17, 15) is 4.79 Å². The molecule has 1 amide bonds. The Bertz CT molecular complexity index is 547. The van der Waals surface area contributed by atoms with Crippen molar-refractivity contribution in [3.63, 3.8) is 0 Å². The lowest BCUT2D eigenvalue weighted by atomic mass is 10.2. The highest BCUT2D eigenvalue weighted by Gasteiger charge is 2.17. The molecule has 2 aromatic rings. The molecule has 0 saturated heterocycles. The van der Waals surface area contributed by atoms with E-state index in [1.807, 2.05) is 31.2 Å². The van der Waals surface area contributed by atoms with Crippen molar-refractivity contribution in [1.29, 1.82) is 0 Å². The first kappa shape index (κ1) is 11.3. The first-order valence-electron chi connectivity index (χ1n) is 5.31. The molecule has 0 unspecified atom stereocenters. The fourth-order valence-corrected chi connectivity index (χ4v) is 1.54. The number of rotatable bonds is 2. The second-order valence-corrected chi connectivity index (χ2v) is 3.95. The minimum Gasteiger partial charge on any atom is -0.309 e. The molecule has 1 N–H and O–H groups in total. The maximum Gasteiger partial charge on any atom is 0.297 e. The highest BCUT2D eigenvalue weighted by atomic mass is 16.2. The molecule has 1 heterocycles. The number of aryl methyl sites for hydroxylation is 2. The van der Waals surface area contributed by atoms with Crippen LogP contribution in [0.15, 0.2) is 24.3 Å². The molecule has 0 fully saturated rings. The van der Waals surface area contributed by atoms with Crippen LogP contribution in [0.3, 0.4) is 0 Å². The van der Waals surface area contributed by atoms with Crippen molar-refractivity contribution >= 4 is 11.6 Å². The van der Waals surface area contributed by atoms with E-state index in [4.69, 9.17) is 0 Å². The summed E-state index contributed by atoms with van der Waals surface area (Å²) in [5.41, 5.74) is 1.94. The summed E-state index contributed by atoms with van der Waals surface area (Å²) in [4.78, 5) is 17.6. The number of benzene rings is 1. The number of aromatic nitrogens is 3. The van der Waals surface area contributed by atoms with Gasteiger partial charge in [0, 0.05) is 12.7 Å². The lowest BCUT2D eigenvalue weighted by molar-refractivity contribution is 0.0983. The molecule has 0 bridgehead atoms. The summed E-state index contributed by atoms with van der Waals surface area (Å²) >= 11 is 0. The van der Waals surface area contributed by atoms with Gasteiger partial charge in [-0.2, -0.15) is 0 Å². The maximum atomic E-state index is 12.1. The number of aromatic amines is 1. The van der Waals surface area contributed by atoms with Crippen molar-refractivity contribution in [1.82, 2.24) is 15.2 Å². The molecule has 0 radical (unpaired) electrons. The first-order chi connectivity index (χ1) is 8.08. The maximum absolute atomic E-state index is 12.1. The zero-order valence-corrected chi connectivity index (χ0v) is 10.1. The van der Waals surface area contributed by atoms with Crippen LogP contribution in [-0.4, -0.2) is 28.1 Å². The predicted molar refractivity (Wildman–Crippen MR) is 65.0 cm³/mol. The fraction of sp³-hybridized carbons (Fsp3) is 0.250. The van der Waals surface area contributed by atoms with Crippen LogP contribution in [0.2, 0.25) is 0 Å². The standard InChI is InChI=1S/C12H14N4O/c1-8-5-4-6-10(7-8)16(3)12(17)11-13-9(2)14-15-11/h4-7H,1-3H3,(H,13,14,15). The van der Waals surface area contributed by atoms with Gasteiger partial charge in [0.2, 0.25) is 5.82 Å². The van der Waals surface area contributed by atoms with Crippen molar-refractivity contribution in [2.75, 3.05) is 11.9 Å². The molecule has 17 heavy (non-hydrogen) atoms. The average Bonchev–Trinajstić information content (AvgIpc) is 2.74. The molecule has 0 aliphatic rings. The molecule has 0 spiro atoms. The van der Waals surface area contributed by atoms with E-state index in [1.54, 1.807) is 14.0 Å². The Labute approximate surface area is 99.5 Å². The quantitative estimate of drug-likeness (QED) is 0.854. The second kappa shape index (κ2) is 4.37. The number of carbonyl (C=O) groups excluding carboxylic acids is 1. The average molecular weight is 230 g/mol. The van der Waals surface area contributed by atoms with Crippen LogP contribution in [0.1, 0.15) is 22.0 Å². The summed E-state index contributed by atoms with van der Waals surface area (Å²) in [5.74, 6) is 0.595. The molecule has 0 atom stereocenters. The van der Waals surface area contributed by atoms with Gasteiger partial charge in [-0.15, -0.1) is 5.10 Å². The van der Waals surface area contributed by atoms with Crippen molar-refractivity contribution in [2.24, 2.45) is 0 Å². The van der Waals surface area contributed by atoms with E-state index in [1.165, 1.54) is 4.90 Å². The summed E-state index contributed by atoms with van der Waals surface area (Å²) in [6.07, 6.45) is 0. The molecular formula is C12H14N4O. The molecule has 0 aliphatic heterocycles. The SMILES string of the molecule is Cc1cccc(N(C)C(=O)c2n[nH]c(C)n2)c1. The molecule has 88 valence electrons. The first-order valence-corrected chi connectivity index (χ1v) is 5.31. The number of hydrogen-bond acceptors (Lipinski definition) is 3. The van der Waals surface area contributed by atoms with Gasteiger partial charge < -0.3 is 4.90 Å². The number of H-pyrrole nitrogens is 1. The van der Waals surface area contributed by atoms with Crippen LogP contribution in [0.25, 0.3) is 0 Å². The zero-order valence-electron chi connectivity index (χ0n) is 10.1. The van der Waals surface area contributed by atoms with E-state index < -0.39 is 0 Å². The van der Waals surface area contributed by atoms with Gasteiger partial charge >= 0.3 is 0 Å². The molecule has 5 heteroatoms. The van der Waals surface area contributed by atoms with Gasteiger partial charge in [0.15, 0.2) is 0 Å². The van der Waals surface area contributed by atoms with Gasteiger partial charge in [0.05, 0.1) is 0 Å². The van der Waals surface area contributed by atoms with Crippen LogP contribution in [0.4, 0.5) is 5.69 Å². The lowest BCUT2D eigenvalue weighted by Crippen LogP contribution is -2.27. The highest BCUT2D eigenvalue weighted by molar-refractivity contribution is 6.03. The smallest absolute Gasteiger partial charge is 0.297 e. The van der Waals surface area contributed by atoms with Gasteiger partial charge in [-0.1, -0.05) is 12.1 Å². The van der Waals surface area contributed by atoms with Crippen LogP contribution < -0.4 is 4.90 Å². The molecule has 5 nitrogen and oxygen atoms in total. The van der Waals surface area contributed by atoms with Crippen molar-refractivity contribution < 1.29 is 4.79 Å². The van der Waals surface area contributed by atoms with Crippen LogP contribution in [0.5, 0.6) is 0 Å². The van der Waals surface area contributed by atoms with Crippen LogP contribution in [0, 0.1) is 13.8 Å². The van der Waals surface area contributed by atoms with E-state index in [0.717, 1.165) is 11.3 Å². The lowest BCUT2D eigenvalue weighted by Gasteiger charge is -2.15.